The lowest BCUT2D eigenvalue weighted by atomic mass is 10.1. The van der Waals surface area contributed by atoms with E-state index in [2.05, 4.69) is 5.32 Å². The Balaban J connectivity index is 1.70. The second-order valence-corrected chi connectivity index (χ2v) is 13.5. The molecule has 46 heavy (non-hydrogen) atoms. The highest BCUT2D eigenvalue weighted by Gasteiger charge is 2.33. The van der Waals surface area contributed by atoms with Gasteiger partial charge in [0.1, 0.15) is 24.1 Å². The molecule has 0 saturated carbocycles. The molecule has 0 spiro atoms. The molecule has 8 nitrogen and oxygen atoms in total. The summed E-state index contributed by atoms with van der Waals surface area (Å²) in [6.07, 6.45) is 1.67. The number of unbranched alkanes of at least 4 members (excludes halogenated alkanes) is 1. The van der Waals surface area contributed by atoms with Gasteiger partial charge < -0.3 is 15.0 Å². The van der Waals surface area contributed by atoms with E-state index in [9.17, 15) is 18.0 Å². The summed E-state index contributed by atoms with van der Waals surface area (Å²) in [5.41, 5.74) is 1.69. The molecule has 11 heteroatoms. The number of carbonyl (C=O) groups excluding carboxylic acids is 2. The van der Waals surface area contributed by atoms with Crippen molar-refractivity contribution >= 4 is 50.7 Å². The van der Waals surface area contributed by atoms with E-state index < -0.39 is 28.5 Å². The van der Waals surface area contributed by atoms with E-state index in [1.807, 2.05) is 44.2 Å². The molecule has 0 aliphatic rings. The summed E-state index contributed by atoms with van der Waals surface area (Å²) < 4.78 is 35.2. The van der Waals surface area contributed by atoms with Gasteiger partial charge in [0.25, 0.3) is 10.0 Å². The second-order valence-electron chi connectivity index (χ2n) is 10.8. The molecule has 242 valence electrons. The maximum absolute atomic E-state index is 14.2. The number of amides is 2. The number of ether oxygens (including phenoxy) is 1. The Bertz CT molecular complexity index is 1730. The van der Waals surface area contributed by atoms with Crippen molar-refractivity contribution in [3.63, 3.8) is 0 Å². The van der Waals surface area contributed by atoms with Crippen molar-refractivity contribution in [3.8, 4) is 11.5 Å². The van der Waals surface area contributed by atoms with E-state index in [0.29, 0.717) is 33.7 Å². The Kier molecular flexibility index (Phi) is 12.1. The minimum Gasteiger partial charge on any atom is -0.457 e. The monoisotopic (exact) mass is 681 g/mol. The smallest absolute Gasteiger partial charge is 0.264 e. The van der Waals surface area contributed by atoms with Crippen LogP contribution in [0.15, 0.2) is 102 Å². The van der Waals surface area contributed by atoms with Crippen molar-refractivity contribution in [2.24, 2.45) is 0 Å². The topological polar surface area (TPSA) is 96.0 Å². The number of halogens is 2. The van der Waals surface area contributed by atoms with Crippen LogP contribution in [-0.4, -0.2) is 44.3 Å². The van der Waals surface area contributed by atoms with Crippen molar-refractivity contribution in [1.82, 2.24) is 10.2 Å². The molecular formula is C35H37Cl2N3O5S. The molecule has 0 saturated heterocycles. The van der Waals surface area contributed by atoms with E-state index in [-0.39, 0.29) is 23.0 Å². The van der Waals surface area contributed by atoms with Crippen molar-refractivity contribution in [1.29, 1.82) is 0 Å². The van der Waals surface area contributed by atoms with E-state index in [4.69, 9.17) is 27.9 Å². The number of aryl methyl sites for hydroxylation is 1. The maximum atomic E-state index is 14.2. The molecule has 1 atom stereocenters. The molecule has 0 aliphatic heterocycles. The number of para-hydroxylation sites is 1. The molecular weight excluding hydrogens is 645 g/mol. The first-order valence-corrected chi connectivity index (χ1v) is 17.1. The molecule has 4 aromatic rings. The van der Waals surface area contributed by atoms with Crippen LogP contribution < -0.4 is 14.4 Å². The summed E-state index contributed by atoms with van der Waals surface area (Å²) in [6.45, 7) is 5.31. The molecule has 0 radical (unpaired) electrons. The van der Waals surface area contributed by atoms with E-state index in [0.717, 1.165) is 22.7 Å². The Morgan fingerprint density at radius 1 is 0.891 bits per heavy atom. The standard InChI is InChI=1S/C35H37Cl2N3O5S/c1-4-5-21-38-35(42)26(3)39(23-27-13-14-28(36)22-33(27)37)34(41)24-40(46(43,44)32-19-11-25(2)12-20-32)29-15-17-31(18-16-29)45-30-9-7-6-8-10-30/h6-20,22,26H,4-5,21,23-24H2,1-3H3,(H,38,42)/t26-/m0/s1. The number of sulfonamides is 1. The van der Waals surface area contributed by atoms with Gasteiger partial charge in [-0.2, -0.15) is 0 Å². The summed E-state index contributed by atoms with van der Waals surface area (Å²) >= 11 is 12.6. The van der Waals surface area contributed by atoms with Crippen LogP contribution in [0, 0.1) is 6.92 Å². The number of nitrogens with one attached hydrogen (secondary N) is 1. The molecule has 0 aromatic heterocycles. The van der Waals surface area contributed by atoms with Crippen LogP contribution in [0.4, 0.5) is 5.69 Å². The van der Waals surface area contributed by atoms with Crippen LogP contribution in [0.5, 0.6) is 11.5 Å². The van der Waals surface area contributed by atoms with Gasteiger partial charge in [-0.05, 0) is 86.5 Å². The summed E-state index contributed by atoms with van der Waals surface area (Å²) in [5, 5.41) is 3.61. The average Bonchev–Trinajstić information content (AvgIpc) is 3.04. The van der Waals surface area contributed by atoms with E-state index in [1.54, 1.807) is 61.5 Å². The fraction of sp³-hybridized carbons (Fsp3) is 0.257. The number of benzene rings is 4. The van der Waals surface area contributed by atoms with Crippen molar-refractivity contribution in [2.45, 2.75) is 51.1 Å². The lowest BCUT2D eigenvalue weighted by Crippen LogP contribution is -2.51. The molecule has 4 aromatic carbocycles. The third-order valence-electron chi connectivity index (χ3n) is 7.34. The van der Waals surface area contributed by atoms with Gasteiger partial charge in [0.15, 0.2) is 0 Å². The van der Waals surface area contributed by atoms with Crippen LogP contribution >= 0.6 is 23.2 Å². The van der Waals surface area contributed by atoms with Gasteiger partial charge in [-0.1, -0.05) is 78.5 Å². The lowest BCUT2D eigenvalue weighted by Gasteiger charge is -2.32. The molecule has 0 aliphatic carbocycles. The molecule has 1 N–H and O–H groups in total. The quantitative estimate of drug-likeness (QED) is 0.138. The Morgan fingerprint density at radius 2 is 1.54 bits per heavy atom. The minimum absolute atomic E-state index is 0.0214. The maximum Gasteiger partial charge on any atom is 0.264 e. The van der Waals surface area contributed by atoms with Crippen LogP contribution in [0.1, 0.15) is 37.8 Å². The highest BCUT2D eigenvalue weighted by molar-refractivity contribution is 7.92. The number of anilines is 1. The van der Waals surface area contributed by atoms with Crippen molar-refractivity contribution in [2.75, 3.05) is 17.4 Å². The summed E-state index contributed by atoms with van der Waals surface area (Å²) in [4.78, 5) is 28.7. The first-order valence-electron chi connectivity index (χ1n) is 14.9. The van der Waals surface area contributed by atoms with Crippen LogP contribution in [0.3, 0.4) is 0 Å². The third-order valence-corrected chi connectivity index (χ3v) is 9.72. The Labute approximate surface area is 280 Å². The number of hydrogen-bond acceptors (Lipinski definition) is 5. The first kappa shape index (κ1) is 34.8. The molecule has 0 bridgehead atoms. The predicted molar refractivity (Wildman–Crippen MR) is 183 cm³/mol. The SMILES string of the molecule is CCCCNC(=O)[C@H](C)N(Cc1ccc(Cl)cc1Cl)C(=O)CN(c1ccc(Oc2ccccc2)cc1)S(=O)(=O)c1ccc(C)cc1. The fourth-order valence-corrected chi connectivity index (χ4v) is 6.51. The van der Waals surface area contributed by atoms with Gasteiger partial charge in [0.05, 0.1) is 10.6 Å². The molecule has 0 heterocycles. The van der Waals surface area contributed by atoms with Gasteiger partial charge in [-0.25, -0.2) is 8.42 Å². The molecule has 0 fully saturated rings. The molecule has 4 rings (SSSR count). The first-order chi connectivity index (χ1) is 22.0. The summed E-state index contributed by atoms with van der Waals surface area (Å²) in [6, 6.07) is 26.0. The van der Waals surface area contributed by atoms with Gasteiger partial charge in [0, 0.05) is 23.1 Å². The molecule has 2 amide bonds. The Hall–Kier alpha value is -4.05. The van der Waals surface area contributed by atoms with E-state index >= 15 is 0 Å². The summed E-state index contributed by atoms with van der Waals surface area (Å²) in [7, 11) is -4.22. The van der Waals surface area contributed by atoms with Gasteiger partial charge in [-0.3, -0.25) is 13.9 Å². The predicted octanol–water partition coefficient (Wildman–Crippen LogP) is 7.62. The zero-order valence-corrected chi connectivity index (χ0v) is 28.3. The largest absolute Gasteiger partial charge is 0.457 e. The van der Waals surface area contributed by atoms with Crippen LogP contribution in [0.2, 0.25) is 10.0 Å². The van der Waals surface area contributed by atoms with Gasteiger partial charge in [0.2, 0.25) is 11.8 Å². The minimum atomic E-state index is -4.22. The molecule has 0 unspecified atom stereocenters. The van der Waals surface area contributed by atoms with Gasteiger partial charge in [-0.15, -0.1) is 0 Å². The lowest BCUT2D eigenvalue weighted by molar-refractivity contribution is -0.139. The van der Waals surface area contributed by atoms with Crippen LogP contribution in [-0.2, 0) is 26.2 Å². The van der Waals surface area contributed by atoms with Crippen LogP contribution in [0.25, 0.3) is 0 Å². The Morgan fingerprint density at radius 3 is 2.17 bits per heavy atom. The summed E-state index contributed by atoms with van der Waals surface area (Å²) in [5.74, 6) is 0.161. The third kappa shape index (κ3) is 9.02. The number of carbonyl (C=O) groups is 2. The zero-order chi connectivity index (χ0) is 33.3. The zero-order valence-electron chi connectivity index (χ0n) is 26.0. The van der Waals surface area contributed by atoms with E-state index in [1.165, 1.54) is 17.0 Å². The second kappa shape index (κ2) is 16.0. The highest BCUT2D eigenvalue weighted by Crippen LogP contribution is 2.29. The fourth-order valence-electron chi connectivity index (χ4n) is 4.62. The number of hydrogen-bond donors (Lipinski definition) is 1. The van der Waals surface area contributed by atoms with Crippen molar-refractivity contribution in [3.05, 3.63) is 118 Å². The normalized spacial score (nSPS) is 11.8. The van der Waals surface area contributed by atoms with Crippen molar-refractivity contribution < 1.29 is 22.7 Å². The van der Waals surface area contributed by atoms with Gasteiger partial charge >= 0.3 is 0 Å². The number of rotatable bonds is 14. The highest BCUT2D eigenvalue weighted by atomic mass is 35.5. The average molecular weight is 683 g/mol. The number of nitrogens with zero attached hydrogens (tertiary/aromatic N) is 2.